The molecule has 0 saturated heterocycles. The smallest absolute Gasteiger partial charge is 0.216 e. The van der Waals surface area contributed by atoms with Crippen LogP contribution in [0.15, 0.2) is 12.1 Å². The number of hydrogen-bond donors (Lipinski definition) is 1. The molecule has 0 aliphatic carbocycles. The van der Waals surface area contributed by atoms with Gasteiger partial charge >= 0.3 is 0 Å². The molecule has 0 radical (unpaired) electrons. The number of benzene rings is 1. The lowest BCUT2D eigenvalue weighted by molar-refractivity contribution is -0.118. The van der Waals surface area contributed by atoms with Gasteiger partial charge in [-0.2, -0.15) is 0 Å². The molecule has 0 bridgehead atoms. The van der Waals surface area contributed by atoms with E-state index in [1.165, 1.54) is 6.92 Å². The van der Waals surface area contributed by atoms with E-state index in [1.54, 1.807) is 0 Å². The lowest BCUT2D eigenvalue weighted by Crippen LogP contribution is -2.20. The van der Waals surface area contributed by atoms with Crippen molar-refractivity contribution in [2.24, 2.45) is 0 Å². The molecule has 0 heterocycles. The molecule has 1 aromatic carbocycles. The molecule has 1 aromatic rings. The fourth-order valence-electron chi connectivity index (χ4n) is 1.09. The SMILES string of the molecule is CC(=O)NCCC#Cc1c(F)ccc(F)c1F. The highest BCUT2D eigenvalue weighted by atomic mass is 19.2. The average Bonchev–Trinajstić information content (AvgIpc) is 2.27. The zero-order chi connectivity index (χ0) is 12.8. The van der Waals surface area contributed by atoms with Crippen LogP contribution < -0.4 is 5.32 Å². The standard InChI is InChI=1S/C12H10F3NO/c1-8(17)16-7-3-2-4-9-10(13)5-6-11(14)12(9)15/h5-6H,3,7H2,1H3,(H,16,17). The van der Waals surface area contributed by atoms with Gasteiger partial charge in [-0.3, -0.25) is 4.79 Å². The van der Waals surface area contributed by atoms with Crippen LogP contribution in [0, 0.1) is 29.3 Å². The van der Waals surface area contributed by atoms with Gasteiger partial charge in [0, 0.05) is 19.9 Å². The minimum absolute atomic E-state index is 0.213. The predicted molar refractivity (Wildman–Crippen MR) is 56.5 cm³/mol. The van der Waals surface area contributed by atoms with Gasteiger partial charge in [0.2, 0.25) is 5.91 Å². The Morgan fingerprint density at radius 3 is 2.59 bits per heavy atom. The maximum absolute atomic E-state index is 13.1. The largest absolute Gasteiger partial charge is 0.355 e. The van der Waals surface area contributed by atoms with Crippen molar-refractivity contribution in [3.63, 3.8) is 0 Å². The second kappa shape index (κ2) is 5.94. The van der Waals surface area contributed by atoms with Gasteiger partial charge in [0.05, 0.1) is 5.56 Å². The summed E-state index contributed by atoms with van der Waals surface area (Å²) in [7, 11) is 0. The van der Waals surface area contributed by atoms with E-state index in [2.05, 4.69) is 17.2 Å². The summed E-state index contributed by atoms with van der Waals surface area (Å²) in [6.45, 7) is 1.63. The van der Waals surface area contributed by atoms with Crippen LogP contribution in [0.2, 0.25) is 0 Å². The molecule has 0 spiro atoms. The Kier molecular flexibility index (Phi) is 4.58. The topological polar surface area (TPSA) is 29.1 Å². The molecule has 1 N–H and O–H groups in total. The summed E-state index contributed by atoms with van der Waals surface area (Å²) in [5.74, 6) is 1.10. The molecule has 17 heavy (non-hydrogen) atoms. The van der Waals surface area contributed by atoms with Crippen molar-refractivity contribution in [2.45, 2.75) is 13.3 Å². The number of amides is 1. The molecule has 1 rings (SSSR count). The van der Waals surface area contributed by atoms with E-state index in [9.17, 15) is 18.0 Å². The second-order valence-electron chi connectivity index (χ2n) is 3.25. The average molecular weight is 241 g/mol. The van der Waals surface area contributed by atoms with Crippen LogP contribution in [-0.2, 0) is 4.79 Å². The Morgan fingerprint density at radius 2 is 1.94 bits per heavy atom. The van der Waals surface area contributed by atoms with Gasteiger partial charge in [-0.05, 0) is 12.1 Å². The zero-order valence-electron chi connectivity index (χ0n) is 9.11. The van der Waals surface area contributed by atoms with E-state index in [-0.39, 0.29) is 18.9 Å². The number of carbonyl (C=O) groups excluding carboxylic acids is 1. The third kappa shape index (κ3) is 3.83. The van der Waals surface area contributed by atoms with Crippen LogP contribution in [0.25, 0.3) is 0 Å². The molecule has 90 valence electrons. The van der Waals surface area contributed by atoms with Crippen molar-refractivity contribution < 1.29 is 18.0 Å². The number of halogens is 3. The van der Waals surface area contributed by atoms with Gasteiger partial charge in [0.15, 0.2) is 11.6 Å². The Bertz CT molecular complexity index is 489. The Balaban J connectivity index is 2.72. The van der Waals surface area contributed by atoms with Gasteiger partial charge in [-0.25, -0.2) is 13.2 Å². The van der Waals surface area contributed by atoms with Crippen LogP contribution >= 0.6 is 0 Å². The second-order valence-corrected chi connectivity index (χ2v) is 3.25. The van der Waals surface area contributed by atoms with Gasteiger partial charge < -0.3 is 5.32 Å². The van der Waals surface area contributed by atoms with Crippen LogP contribution in [0.3, 0.4) is 0 Å². The zero-order valence-corrected chi connectivity index (χ0v) is 9.11. The Morgan fingerprint density at radius 1 is 1.29 bits per heavy atom. The molecule has 0 aliphatic heterocycles. The van der Waals surface area contributed by atoms with Crippen LogP contribution in [-0.4, -0.2) is 12.5 Å². The van der Waals surface area contributed by atoms with Gasteiger partial charge in [0.25, 0.3) is 0 Å². The quantitative estimate of drug-likeness (QED) is 0.479. The first-order valence-electron chi connectivity index (χ1n) is 4.89. The predicted octanol–water partition coefficient (Wildman–Crippen LogP) is 1.98. The normalized spacial score (nSPS) is 9.41. The molecule has 5 heteroatoms. The highest BCUT2D eigenvalue weighted by Crippen LogP contribution is 2.14. The Hall–Kier alpha value is -1.96. The molecule has 0 unspecified atom stereocenters. The lowest BCUT2D eigenvalue weighted by atomic mass is 10.2. The van der Waals surface area contributed by atoms with E-state index in [0.717, 1.165) is 6.07 Å². The fraction of sp³-hybridized carbons (Fsp3) is 0.250. The molecule has 0 aromatic heterocycles. The van der Waals surface area contributed by atoms with Crippen LogP contribution in [0.5, 0.6) is 0 Å². The molecule has 0 atom stereocenters. The van der Waals surface area contributed by atoms with Crippen LogP contribution in [0.4, 0.5) is 13.2 Å². The fourth-order valence-corrected chi connectivity index (χ4v) is 1.09. The van der Waals surface area contributed by atoms with Crippen molar-refractivity contribution in [3.05, 3.63) is 35.1 Å². The van der Waals surface area contributed by atoms with Gasteiger partial charge in [0.1, 0.15) is 5.82 Å². The monoisotopic (exact) mass is 241 g/mol. The minimum Gasteiger partial charge on any atom is -0.355 e. The first kappa shape index (κ1) is 13.1. The number of hydrogen-bond acceptors (Lipinski definition) is 1. The maximum Gasteiger partial charge on any atom is 0.216 e. The van der Waals surface area contributed by atoms with Gasteiger partial charge in [-0.15, -0.1) is 0 Å². The first-order chi connectivity index (χ1) is 8.02. The third-order valence-electron chi connectivity index (χ3n) is 1.88. The molecule has 0 aliphatic rings. The molecule has 1 amide bonds. The summed E-state index contributed by atoms with van der Waals surface area (Å²) in [6, 6.07) is 1.52. The highest BCUT2D eigenvalue weighted by Gasteiger charge is 2.10. The molecule has 2 nitrogen and oxygen atoms in total. The summed E-state index contributed by atoms with van der Waals surface area (Å²) in [4.78, 5) is 10.5. The molecule has 0 fully saturated rings. The van der Waals surface area contributed by atoms with Gasteiger partial charge in [-0.1, -0.05) is 11.8 Å². The summed E-state index contributed by atoms with van der Waals surface area (Å²) >= 11 is 0. The number of nitrogens with one attached hydrogen (secondary N) is 1. The van der Waals surface area contributed by atoms with E-state index in [4.69, 9.17) is 0 Å². The minimum atomic E-state index is -1.29. The molecular formula is C12H10F3NO. The first-order valence-corrected chi connectivity index (χ1v) is 4.89. The Labute approximate surface area is 96.8 Å². The van der Waals surface area contributed by atoms with Crippen molar-refractivity contribution in [2.75, 3.05) is 6.54 Å². The summed E-state index contributed by atoms with van der Waals surface area (Å²) in [5.41, 5.74) is -0.590. The van der Waals surface area contributed by atoms with Crippen molar-refractivity contribution >= 4 is 5.91 Å². The van der Waals surface area contributed by atoms with Crippen molar-refractivity contribution in [1.29, 1.82) is 0 Å². The summed E-state index contributed by atoms with van der Waals surface area (Å²) < 4.78 is 39.0. The van der Waals surface area contributed by atoms with E-state index < -0.39 is 23.0 Å². The van der Waals surface area contributed by atoms with E-state index >= 15 is 0 Å². The number of rotatable bonds is 2. The third-order valence-corrected chi connectivity index (χ3v) is 1.88. The molecule has 0 saturated carbocycles. The summed E-state index contributed by atoms with van der Waals surface area (Å²) in [5, 5.41) is 2.47. The number of carbonyl (C=O) groups is 1. The highest BCUT2D eigenvalue weighted by molar-refractivity contribution is 5.72. The lowest BCUT2D eigenvalue weighted by Gasteiger charge is -1.98. The van der Waals surface area contributed by atoms with Crippen LogP contribution in [0.1, 0.15) is 18.9 Å². The molecular weight excluding hydrogens is 231 g/mol. The van der Waals surface area contributed by atoms with E-state index in [0.29, 0.717) is 6.07 Å². The van der Waals surface area contributed by atoms with E-state index in [1.807, 2.05) is 0 Å². The maximum atomic E-state index is 13.1. The van der Waals surface area contributed by atoms with Crippen molar-refractivity contribution in [1.82, 2.24) is 5.32 Å². The van der Waals surface area contributed by atoms with Crippen molar-refractivity contribution in [3.8, 4) is 11.8 Å². The summed E-state index contributed by atoms with van der Waals surface area (Å²) in [6.07, 6.45) is 0.231.